The van der Waals surface area contributed by atoms with Crippen molar-refractivity contribution < 1.29 is 14.3 Å². The molecule has 1 rings (SSSR count). The first-order valence-electron chi connectivity index (χ1n) is 5.89. The van der Waals surface area contributed by atoms with E-state index in [1.165, 1.54) is 7.11 Å². The van der Waals surface area contributed by atoms with Gasteiger partial charge in [0.2, 0.25) is 0 Å². The van der Waals surface area contributed by atoms with Crippen LogP contribution in [-0.4, -0.2) is 26.2 Å². The molecule has 0 aromatic rings. The number of nitrogens with one attached hydrogen (secondary N) is 1. The molecular formula is C13H21NO3. The molecule has 1 saturated heterocycles. The molecule has 1 atom stereocenters. The topological polar surface area (TPSA) is 47.6 Å². The van der Waals surface area contributed by atoms with Gasteiger partial charge in [-0.2, -0.15) is 0 Å². The quantitative estimate of drug-likeness (QED) is 0.463. The summed E-state index contributed by atoms with van der Waals surface area (Å²) in [5.74, 6) is 1.24. The van der Waals surface area contributed by atoms with Gasteiger partial charge >= 0.3 is 5.97 Å². The van der Waals surface area contributed by atoms with Gasteiger partial charge in [0.15, 0.2) is 0 Å². The van der Waals surface area contributed by atoms with Crippen molar-refractivity contribution in [3.8, 4) is 0 Å². The summed E-state index contributed by atoms with van der Waals surface area (Å²) in [4.78, 5) is 11.3. The van der Waals surface area contributed by atoms with Crippen molar-refractivity contribution in [2.45, 2.75) is 26.7 Å². The molecule has 1 aliphatic heterocycles. The highest BCUT2D eigenvalue weighted by atomic mass is 16.5. The van der Waals surface area contributed by atoms with Gasteiger partial charge in [0.05, 0.1) is 12.7 Å². The van der Waals surface area contributed by atoms with Crippen LogP contribution in [0.5, 0.6) is 0 Å². The van der Waals surface area contributed by atoms with Gasteiger partial charge in [-0.1, -0.05) is 6.58 Å². The monoisotopic (exact) mass is 239 g/mol. The zero-order valence-electron chi connectivity index (χ0n) is 10.8. The fourth-order valence-electron chi connectivity index (χ4n) is 1.78. The van der Waals surface area contributed by atoms with E-state index in [0.717, 1.165) is 31.7 Å². The van der Waals surface area contributed by atoms with Crippen LogP contribution in [0.1, 0.15) is 26.7 Å². The molecule has 1 aliphatic rings. The van der Waals surface area contributed by atoms with E-state index in [1.54, 1.807) is 13.8 Å². The van der Waals surface area contributed by atoms with Crippen molar-refractivity contribution >= 4 is 5.97 Å². The van der Waals surface area contributed by atoms with Crippen LogP contribution in [0, 0.1) is 5.92 Å². The Labute approximate surface area is 103 Å². The number of ether oxygens (including phenoxy) is 2. The van der Waals surface area contributed by atoms with Gasteiger partial charge in [-0.05, 0) is 33.2 Å². The summed E-state index contributed by atoms with van der Waals surface area (Å²) >= 11 is 0. The Kier molecular flexibility index (Phi) is 5.22. The summed E-state index contributed by atoms with van der Waals surface area (Å²) in [5.41, 5.74) is 0.484. The number of hydrogen-bond acceptors (Lipinski definition) is 4. The normalized spacial score (nSPS) is 21.5. The minimum Gasteiger partial charge on any atom is -0.466 e. The molecule has 1 N–H and O–H groups in total. The second-order valence-electron chi connectivity index (χ2n) is 4.28. The van der Waals surface area contributed by atoms with E-state index in [4.69, 9.17) is 4.74 Å². The lowest BCUT2D eigenvalue weighted by molar-refractivity contribution is -0.136. The molecule has 0 aromatic heterocycles. The summed E-state index contributed by atoms with van der Waals surface area (Å²) in [7, 11) is 1.36. The highest BCUT2D eigenvalue weighted by Gasteiger charge is 2.19. The Bertz CT molecular complexity index is 328. The first-order chi connectivity index (χ1) is 8.06. The second-order valence-corrected chi connectivity index (χ2v) is 4.28. The van der Waals surface area contributed by atoms with Crippen LogP contribution in [0.4, 0.5) is 0 Å². The average Bonchev–Trinajstić information content (AvgIpc) is 2.37. The summed E-state index contributed by atoms with van der Waals surface area (Å²) in [6, 6.07) is 0. The Morgan fingerprint density at radius 1 is 1.41 bits per heavy atom. The van der Waals surface area contributed by atoms with E-state index >= 15 is 0 Å². The lowest BCUT2D eigenvalue weighted by Crippen LogP contribution is -2.31. The zero-order chi connectivity index (χ0) is 12.8. The SMILES string of the molecule is C=C(O/C(C)=C(\C)C(=O)OC)C1CCCNC1. The summed E-state index contributed by atoms with van der Waals surface area (Å²) in [6.45, 7) is 9.33. The molecule has 0 aromatic carbocycles. The minimum atomic E-state index is -0.364. The van der Waals surface area contributed by atoms with Crippen LogP contribution < -0.4 is 5.32 Å². The molecule has 0 saturated carbocycles. The van der Waals surface area contributed by atoms with E-state index in [1.807, 2.05) is 0 Å². The van der Waals surface area contributed by atoms with Crippen LogP contribution in [-0.2, 0) is 14.3 Å². The fraction of sp³-hybridized carbons (Fsp3) is 0.615. The van der Waals surface area contributed by atoms with Crippen LogP contribution in [0.2, 0.25) is 0 Å². The second kappa shape index (κ2) is 6.45. The molecule has 1 unspecified atom stereocenters. The van der Waals surface area contributed by atoms with Crippen molar-refractivity contribution in [3.63, 3.8) is 0 Å². The molecule has 96 valence electrons. The molecule has 1 fully saturated rings. The summed E-state index contributed by atoms with van der Waals surface area (Å²) in [5, 5.41) is 3.30. The van der Waals surface area contributed by atoms with Crippen LogP contribution in [0.15, 0.2) is 23.7 Å². The molecule has 0 aliphatic carbocycles. The minimum absolute atomic E-state index is 0.323. The van der Waals surface area contributed by atoms with Gasteiger partial charge in [-0.15, -0.1) is 0 Å². The number of hydrogen-bond donors (Lipinski definition) is 1. The van der Waals surface area contributed by atoms with E-state index < -0.39 is 0 Å². The molecule has 17 heavy (non-hydrogen) atoms. The Morgan fingerprint density at radius 2 is 2.12 bits per heavy atom. The van der Waals surface area contributed by atoms with Crippen LogP contribution >= 0.6 is 0 Å². The average molecular weight is 239 g/mol. The van der Waals surface area contributed by atoms with Gasteiger partial charge in [-0.3, -0.25) is 0 Å². The third-order valence-corrected chi connectivity index (χ3v) is 3.06. The summed E-state index contributed by atoms with van der Waals surface area (Å²) < 4.78 is 10.3. The first-order valence-corrected chi connectivity index (χ1v) is 5.89. The highest BCUT2D eigenvalue weighted by Crippen LogP contribution is 2.22. The number of allylic oxidation sites excluding steroid dienone is 1. The number of methoxy groups -OCH3 is 1. The molecule has 4 heteroatoms. The standard InChI is InChI=1S/C13H21NO3/c1-9(13(15)16-4)10(2)17-11(3)12-6-5-7-14-8-12/h12,14H,3,5-8H2,1-2,4H3/b10-9+. The molecule has 0 spiro atoms. The molecule has 1 heterocycles. The van der Waals surface area contributed by atoms with Crippen molar-refractivity contribution in [3.05, 3.63) is 23.7 Å². The van der Waals surface area contributed by atoms with Gasteiger partial charge in [0.1, 0.15) is 11.5 Å². The molecular weight excluding hydrogens is 218 g/mol. The largest absolute Gasteiger partial charge is 0.466 e. The smallest absolute Gasteiger partial charge is 0.336 e. The maximum Gasteiger partial charge on any atom is 0.336 e. The number of esters is 1. The van der Waals surface area contributed by atoms with Crippen molar-refractivity contribution in [1.29, 1.82) is 0 Å². The van der Waals surface area contributed by atoms with Gasteiger partial charge in [-0.25, -0.2) is 4.79 Å². The Morgan fingerprint density at radius 3 is 2.65 bits per heavy atom. The Hall–Kier alpha value is -1.29. The Balaban J connectivity index is 2.58. The lowest BCUT2D eigenvalue weighted by atomic mass is 9.98. The molecule has 4 nitrogen and oxygen atoms in total. The van der Waals surface area contributed by atoms with Gasteiger partial charge in [0, 0.05) is 12.5 Å². The molecule has 0 bridgehead atoms. The fourth-order valence-corrected chi connectivity index (χ4v) is 1.78. The molecule has 0 amide bonds. The maximum absolute atomic E-state index is 11.3. The molecule has 0 radical (unpaired) electrons. The van der Waals surface area contributed by atoms with Crippen molar-refractivity contribution in [2.24, 2.45) is 5.92 Å². The van der Waals surface area contributed by atoms with Crippen LogP contribution in [0.25, 0.3) is 0 Å². The summed E-state index contributed by atoms with van der Waals surface area (Å²) in [6.07, 6.45) is 2.21. The maximum atomic E-state index is 11.3. The van der Waals surface area contributed by atoms with E-state index in [-0.39, 0.29) is 5.97 Å². The van der Waals surface area contributed by atoms with Crippen LogP contribution in [0.3, 0.4) is 0 Å². The van der Waals surface area contributed by atoms with E-state index in [0.29, 0.717) is 17.3 Å². The third kappa shape index (κ3) is 3.89. The predicted octanol–water partition coefficient (Wildman–Crippen LogP) is 1.98. The third-order valence-electron chi connectivity index (χ3n) is 3.06. The predicted molar refractivity (Wildman–Crippen MR) is 66.2 cm³/mol. The van der Waals surface area contributed by atoms with Gasteiger partial charge in [0.25, 0.3) is 0 Å². The number of piperidine rings is 1. The zero-order valence-corrected chi connectivity index (χ0v) is 10.8. The van der Waals surface area contributed by atoms with Gasteiger partial charge < -0.3 is 14.8 Å². The highest BCUT2D eigenvalue weighted by molar-refractivity contribution is 5.88. The van der Waals surface area contributed by atoms with Crippen molar-refractivity contribution in [2.75, 3.05) is 20.2 Å². The number of carbonyl (C=O) groups excluding carboxylic acids is 1. The number of carbonyl (C=O) groups is 1. The first kappa shape index (κ1) is 13.8. The lowest BCUT2D eigenvalue weighted by Gasteiger charge is -2.25. The number of rotatable bonds is 4. The van der Waals surface area contributed by atoms with E-state index in [2.05, 4.69) is 16.6 Å². The van der Waals surface area contributed by atoms with E-state index in [9.17, 15) is 4.79 Å². The van der Waals surface area contributed by atoms with Crippen molar-refractivity contribution in [1.82, 2.24) is 5.32 Å².